The molecule has 1 saturated heterocycles. The molecule has 0 aliphatic carbocycles. The van der Waals surface area contributed by atoms with Crippen molar-refractivity contribution < 1.29 is 0 Å². The molecule has 5 heteroatoms. The number of piperazine rings is 1. The van der Waals surface area contributed by atoms with E-state index in [0.29, 0.717) is 0 Å². The van der Waals surface area contributed by atoms with Gasteiger partial charge in [-0.2, -0.15) is 0 Å². The van der Waals surface area contributed by atoms with Crippen molar-refractivity contribution in [2.24, 2.45) is 0 Å². The van der Waals surface area contributed by atoms with Crippen LogP contribution in [0.4, 0.5) is 5.69 Å². The third-order valence-corrected chi connectivity index (χ3v) is 4.12. The molecule has 0 saturated carbocycles. The van der Waals surface area contributed by atoms with Gasteiger partial charge in [0.1, 0.15) is 5.65 Å². The molecule has 1 aliphatic heterocycles. The number of anilines is 1. The molecular formula is C15H23N5. The summed E-state index contributed by atoms with van der Waals surface area (Å²) in [6.07, 6.45) is 5.02. The second-order valence-corrected chi connectivity index (χ2v) is 5.49. The molecule has 1 fully saturated rings. The van der Waals surface area contributed by atoms with Crippen LogP contribution in [0.3, 0.4) is 0 Å². The Labute approximate surface area is 120 Å². The molecule has 108 valence electrons. The molecule has 0 spiro atoms. The topological polar surface area (TPSA) is 49.8 Å². The van der Waals surface area contributed by atoms with Crippen LogP contribution in [0.1, 0.15) is 12.6 Å². The lowest BCUT2D eigenvalue weighted by atomic mass is 10.2. The molecule has 0 bridgehead atoms. The fourth-order valence-corrected chi connectivity index (χ4v) is 2.78. The number of hydrogen-bond acceptors (Lipinski definition) is 4. The summed E-state index contributed by atoms with van der Waals surface area (Å²) in [7, 11) is 0. The Kier molecular flexibility index (Phi) is 3.89. The van der Waals surface area contributed by atoms with Crippen LogP contribution in [-0.2, 0) is 6.42 Å². The van der Waals surface area contributed by atoms with Crippen molar-refractivity contribution in [1.29, 1.82) is 0 Å². The van der Waals surface area contributed by atoms with E-state index in [4.69, 9.17) is 5.73 Å². The molecule has 3 rings (SSSR count). The van der Waals surface area contributed by atoms with E-state index < -0.39 is 0 Å². The van der Waals surface area contributed by atoms with E-state index in [0.717, 1.165) is 30.0 Å². The molecule has 2 aromatic heterocycles. The van der Waals surface area contributed by atoms with E-state index in [-0.39, 0.29) is 0 Å². The highest BCUT2D eigenvalue weighted by Crippen LogP contribution is 2.10. The second kappa shape index (κ2) is 5.81. The molecule has 0 atom stereocenters. The average molecular weight is 273 g/mol. The first kappa shape index (κ1) is 13.4. The van der Waals surface area contributed by atoms with E-state index in [1.54, 1.807) is 0 Å². The third kappa shape index (κ3) is 2.94. The number of pyridine rings is 1. The summed E-state index contributed by atoms with van der Waals surface area (Å²) in [6.45, 7) is 9.23. The molecule has 1 aliphatic rings. The van der Waals surface area contributed by atoms with Crippen molar-refractivity contribution >= 4 is 11.3 Å². The predicted octanol–water partition coefficient (Wildman–Crippen LogP) is 1.10. The zero-order valence-corrected chi connectivity index (χ0v) is 12.1. The van der Waals surface area contributed by atoms with Crippen LogP contribution >= 0.6 is 0 Å². The molecule has 20 heavy (non-hydrogen) atoms. The SMILES string of the molecule is CCN1CCN(CCc2cn3cc(N)ccc3n2)CC1. The number of rotatable bonds is 4. The number of fused-ring (bicyclic) bond motifs is 1. The molecule has 0 amide bonds. The standard InChI is InChI=1S/C15H23N5/c1-2-18-7-9-19(10-8-18)6-5-14-12-20-11-13(16)3-4-15(20)17-14/h3-4,11-12H,2,5-10,16H2,1H3. The van der Waals surface area contributed by atoms with Crippen LogP contribution in [0.25, 0.3) is 5.65 Å². The van der Waals surface area contributed by atoms with Gasteiger partial charge >= 0.3 is 0 Å². The number of hydrogen-bond donors (Lipinski definition) is 1. The van der Waals surface area contributed by atoms with Gasteiger partial charge in [-0.1, -0.05) is 6.92 Å². The van der Waals surface area contributed by atoms with Gasteiger partial charge < -0.3 is 19.9 Å². The van der Waals surface area contributed by atoms with Crippen LogP contribution in [0.2, 0.25) is 0 Å². The Morgan fingerprint density at radius 1 is 1.10 bits per heavy atom. The number of nitrogens with zero attached hydrogens (tertiary/aromatic N) is 4. The quantitative estimate of drug-likeness (QED) is 0.906. The summed E-state index contributed by atoms with van der Waals surface area (Å²) >= 11 is 0. The minimum Gasteiger partial charge on any atom is -0.398 e. The lowest BCUT2D eigenvalue weighted by molar-refractivity contribution is 0.138. The van der Waals surface area contributed by atoms with Crippen LogP contribution < -0.4 is 5.73 Å². The van der Waals surface area contributed by atoms with Crippen molar-refractivity contribution in [3.05, 3.63) is 30.2 Å². The van der Waals surface area contributed by atoms with Crippen molar-refractivity contribution in [2.75, 3.05) is 45.0 Å². The first-order valence-corrected chi connectivity index (χ1v) is 7.42. The van der Waals surface area contributed by atoms with Gasteiger partial charge in [-0.05, 0) is 18.7 Å². The Morgan fingerprint density at radius 3 is 2.60 bits per heavy atom. The number of nitrogen functional groups attached to an aromatic ring is 1. The maximum absolute atomic E-state index is 5.79. The molecular weight excluding hydrogens is 250 g/mol. The lowest BCUT2D eigenvalue weighted by Gasteiger charge is -2.33. The highest BCUT2D eigenvalue weighted by molar-refractivity contribution is 5.48. The van der Waals surface area contributed by atoms with Gasteiger partial charge in [-0.3, -0.25) is 0 Å². The Bertz CT molecular complexity index is 569. The van der Waals surface area contributed by atoms with Crippen molar-refractivity contribution in [2.45, 2.75) is 13.3 Å². The van der Waals surface area contributed by atoms with Crippen LogP contribution in [-0.4, -0.2) is 58.5 Å². The monoisotopic (exact) mass is 273 g/mol. The highest BCUT2D eigenvalue weighted by atomic mass is 15.3. The molecule has 0 aromatic carbocycles. The van der Waals surface area contributed by atoms with Gasteiger partial charge in [-0.25, -0.2) is 4.98 Å². The highest BCUT2D eigenvalue weighted by Gasteiger charge is 2.15. The van der Waals surface area contributed by atoms with Crippen LogP contribution in [0, 0.1) is 0 Å². The fourth-order valence-electron chi connectivity index (χ4n) is 2.78. The molecule has 2 N–H and O–H groups in total. The number of nitrogens with two attached hydrogens (primary N) is 1. The fraction of sp³-hybridized carbons (Fsp3) is 0.533. The Morgan fingerprint density at radius 2 is 1.85 bits per heavy atom. The Hall–Kier alpha value is -1.59. The minimum atomic E-state index is 0.775. The first-order valence-electron chi connectivity index (χ1n) is 7.42. The number of likely N-dealkylation sites (N-methyl/N-ethyl adjacent to an activating group) is 1. The zero-order valence-electron chi connectivity index (χ0n) is 12.1. The zero-order chi connectivity index (χ0) is 13.9. The average Bonchev–Trinajstić information content (AvgIpc) is 2.87. The second-order valence-electron chi connectivity index (χ2n) is 5.49. The van der Waals surface area contributed by atoms with Crippen LogP contribution in [0.5, 0.6) is 0 Å². The first-order chi connectivity index (χ1) is 9.74. The normalized spacial score (nSPS) is 17.9. The summed E-state index contributed by atoms with van der Waals surface area (Å²) in [5, 5.41) is 0. The smallest absolute Gasteiger partial charge is 0.137 e. The molecule has 3 heterocycles. The van der Waals surface area contributed by atoms with Crippen molar-refractivity contribution in [3.8, 4) is 0 Å². The number of aromatic nitrogens is 2. The maximum atomic E-state index is 5.79. The summed E-state index contributed by atoms with van der Waals surface area (Å²) in [4.78, 5) is 9.68. The van der Waals surface area contributed by atoms with Gasteiger partial charge in [0.25, 0.3) is 0 Å². The molecule has 5 nitrogen and oxygen atoms in total. The van der Waals surface area contributed by atoms with Crippen LogP contribution in [0.15, 0.2) is 24.5 Å². The van der Waals surface area contributed by atoms with Gasteiger partial charge in [0.15, 0.2) is 0 Å². The largest absolute Gasteiger partial charge is 0.398 e. The van der Waals surface area contributed by atoms with E-state index >= 15 is 0 Å². The van der Waals surface area contributed by atoms with E-state index in [2.05, 4.69) is 27.9 Å². The van der Waals surface area contributed by atoms with Crippen molar-refractivity contribution in [1.82, 2.24) is 19.2 Å². The van der Waals surface area contributed by atoms with E-state index in [1.165, 1.54) is 32.7 Å². The van der Waals surface area contributed by atoms with Crippen molar-refractivity contribution in [3.63, 3.8) is 0 Å². The maximum Gasteiger partial charge on any atom is 0.137 e. The van der Waals surface area contributed by atoms with Gasteiger partial charge in [-0.15, -0.1) is 0 Å². The Balaban J connectivity index is 1.57. The van der Waals surface area contributed by atoms with Gasteiger partial charge in [0.05, 0.1) is 5.69 Å². The third-order valence-electron chi connectivity index (χ3n) is 4.12. The van der Waals surface area contributed by atoms with E-state index in [1.807, 2.05) is 22.7 Å². The summed E-state index contributed by atoms with van der Waals surface area (Å²) < 4.78 is 2.01. The van der Waals surface area contributed by atoms with Gasteiger partial charge in [0, 0.05) is 57.2 Å². The summed E-state index contributed by atoms with van der Waals surface area (Å²) in [6, 6.07) is 3.87. The molecule has 0 unspecified atom stereocenters. The summed E-state index contributed by atoms with van der Waals surface area (Å²) in [5.41, 5.74) is 8.69. The number of imidazole rings is 1. The minimum absolute atomic E-state index is 0.775. The predicted molar refractivity (Wildman–Crippen MR) is 81.9 cm³/mol. The molecule has 0 radical (unpaired) electrons. The lowest BCUT2D eigenvalue weighted by Crippen LogP contribution is -2.46. The summed E-state index contributed by atoms with van der Waals surface area (Å²) in [5.74, 6) is 0. The van der Waals surface area contributed by atoms with E-state index in [9.17, 15) is 0 Å². The molecule has 2 aromatic rings. The van der Waals surface area contributed by atoms with Gasteiger partial charge in [0.2, 0.25) is 0 Å².